The van der Waals surface area contributed by atoms with Crippen LogP contribution in [0.5, 0.6) is 0 Å². The molecule has 0 aromatic heterocycles. The molecule has 0 saturated heterocycles. The lowest BCUT2D eigenvalue weighted by molar-refractivity contribution is 0.00815. The molecule has 1 nitrogen and oxygen atoms in total. The highest BCUT2D eigenvalue weighted by Gasteiger charge is 2.35. The van der Waals surface area contributed by atoms with Crippen molar-refractivity contribution >= 4 is 0 Å². The zero-order chi connectivity index (χ0) is 29.1. The van der Waals surface area contributed by atoms with Crippen LogP contribution in [0.3, 0.4) is 0 Å². The molecule has 0 saturated carbocycles. The highest BCUT2D eigenvalue weighted by Crippen LogP contribution is 2.33. The van der Waals surface area contributed by atoms with E-state index in [1.165, 1.54) is 186 Å². The first kappa shape index (κ1) is 39.0. The molecule has 0 spiro atoms. The highest BCUT2D eigenvalue weighted by atomic mass is 15.2. The summed E-state index contributed by atoms with van der Waals surface area (Å²) >= 11 is 0. The molecular formula is C38H79N. The smallest absolute Gasteiger partial charge is 0.0158 e. The molecule has 0 heterocycles. The van der Waals surface area contributed by atoms with E-state index >= 15 is 0 Å². The second-order valence-electron chi connectivity index (χ2n) is 14.4. The van der Waals surface area contributed by atoms with E-state index < -0.39 is 0 Å². The van der Waals surface area contributed by atoms with E-state index in [2.05, 4.69) is 53.4 Å². The lowest BCUT2D eigenvalue weighted by atomic mass is 9.85. The van der Waals surface area contributed by atoms with Crippen LogP contribution >= 0.6 is 0 Å². The summed E-state index contributed by atoms with van der Waals surface area (Å²) in [6, 6.07) is 0. The van der Waals surface area contributed by atoms with Gasteiger partial charge in [-0.15, -0.1) is 0 Å². The third kappa shape index (κ3) is 23.2. The molecule has 39 heavy (non-hydrogen) atoms. The Morgan fingerprint density at radius 2 is 0.513 bits per heavy atom. The van der Waals surface area contributed by atoms with Gasteiger partial charge in [-0.25, -0.2) is 0 Å². The molecule has 0 aliphatic heterocycles. The van der Waals surface area contributed by atoms with Crippen LogP contribution in [0.2, 0.25) is 0 Å². The molecule has 0 unspecified atom stereocenters. The summed E-state index contributed by atoms with van der Waals surface area (Å²) in [7, 11) is 0. The van der Waals surface area contributed by atoms with E-state index in [0.717, 1.165) is 0 Å². The molecule has 0 fully saturated rings. The summed E-state index contributed by atoms with van der Waals surface area (Å²) in [4.78, 5) is 2.83. The molecule has 0 N–H and O–H groups in total. The Bertz CT molecular complexity index is 437. The molecule has 0 atom stereocenters. The first-order valence-electron chi connectivity index (χ1n) is 18.6. The minimum absolute atomic E-state index is 0.312. The molecule has 0 aromatic rings. The summed E-state index contributed by atoms with van der Waals surface area (Å²) in [5.74, 6) is 0. The Labute approximate surface area is 250 Å². The summed E-state index contributed by atoms with van der Waals surface area (Å²) in [6.45, 7) is 18.2. The van der Waals surface area contributed by atoms with Crippen molar-refractivity contribution in [2.24, 2.45) is 0 Å². The summed E-state index contributed by atoms with van der Waals surface area (Å²) in [5, 5.41) is 0. The number of unbranched alkanes of at least 4 members (excludes halogenated alkanes) is 24. The topological polar surface area (TPSA) is 3.24 Å². The van der Waals surface area contributed by atoms with Crippen molar-refractivity contribution in [2.45, 2.75) is 239 Å². The zero-order valence-electron chi connectivity index (χ0n) is 29.0. The molecular weight excluding hydrogens is 470 g/mol. The van der Waals surface area contributed by atoms with Crippen LogP contribution in [0.25, 0.3) is 0 Å². The van der Waals surface area contributed by atoms with E-state index in [4.69, 9.17) is 0 Å². The predicted molar refractivity (Wildman–Crippen MR) is 181 cm³/mol. The normalized spacial score (nSPS) is 12.6. The third-order valence-corrected chi connectivity index (χ3v) is 9.56. The standard InChI is InChI=1S/C38H79N/c1-8-11-13-15-17-19-21-23-25-27-29-31-33-35-37(4,5)39(10-3)38(6,7)36-34-32-30-28-26-24-22-20-18-16-14-12-9-2/h8-36H2,1-7H3. The molecule has 0 aromatic carbocycles. The number of nitrogens with zero attached hydrogens (tertiary/aromatic N) is 1. The second-order valence-corrected chi connectivity index (χ2v) is 14.4. The third-order valence-electron chi connectivity index (χ3n) is 9.56. The van der Waals surface area contributed by atoms with Gasteiger partial charge in [-0.2, -0.15) is 0 Å². The Hall–Kier alpha value is -0.0400. The van der Waals surface area contributed by atoms with E-state index in [1.54, 1.807) is 0 Å². The quantitative estimate of drug-likeness (QED) is 0.0777. The minimum Gasteiger partial charge on any atom is -0.293 e. The van der Waals surface area contributed by atoms with Crippen LogP contribution < -0.4 is 0 Å². The van der Waals surface area contributed by atoms with Gasteiger partial charge in [0.1, 0.15) is 0 Å². The Morgan fingerprint density at radius 1 is 0.308 bits per heavy atom. The minimum atomic E-state index is 0.312. The van der Waals surface area contributed by atoms with Gasteiger partial charge in [0.05, 0.1) is 0 Å². The molecule has 0 bridgehead atoms. The fourth-order valence-electron chi connectivity index (χ4n) is 7.10. The maximum absolute atomic E-state index is 2.83. The summed E-state index contributed by atoms with van der Waals surface area (Å²) < 4.78 is 0. The van der Waals surface area contributed by atoms with E-state index in [-0.39, 0.29) is 0 Å². The monoisotopic (exact) mass is 550 g/mol. The second kappa shape index (κ2) is 26.8. The van der Waals surface area contributed by atoms with Gasteiger partial charge in [0.2, 0.25) is 0 Å². The van der Waals surface area contributed by atoms with Crippen LogP contribution in [0, 0.1) is 0 Å². The van der Waals surface area contributed by atoms with Crippen LogP contribution in [0.4, 0.5) is 0 Å². The average molecular weight is 550 g/mol. The molecule has 1 heteroatoms. The van der Waals surface area contributed by atoms with Crippen molar-refractivity contribution < 1.29 is 0 Å². The maximum Gasteiger partial charge on any atom is 0.0158 e. The van der Waals surface area contributed by atoms with Gasteiger partial charge in [-0.05, 0) is 47.1 Å². The Morgan fingerprint density at radius 3 is 0.718 bits per heavy atom. The van der Waals surface area contributed by atoms with Gasteiger partial charge in [0.25, 0.3) is 0 Å². The lowest BCUT2D eigenvalue weighted by Crippen LogP contribution is -2.55. The fraction of sp³-hybridized carbons (Fsp3) is 1.00. The maximum atomic E-state index is 2.83. The molecule has 0 radical (unpaired) electrons. The van der Waals surface area contributed by atoms with Crippen molar-refractivity contribution in [2.75, 3.05) is 6.54 Å². The van der Waals surface area contributed by atoms with Crippen molar-refractivity contribution in [3.05, 3.63) is 0 Å². The molecule has 236 valence electrons. The van der Waals surface area contributed by atoms with E-state index in [9.17, 15) is 0 Å². The number of hydrogen-bond donors (Lipinski definition) is 0. The van der Waals surface area contributed by atoms with Gasteiger partial charge >= 0.3 is 0 Å². The van der Waals surface area contributed by atoms with E-state index in [1.807, 2.05) is 0 Å². The highest BCUT2D eigenvalue weighted by molar-refractivity contribution is 4.91. The van der Waals surface area contributed by atoms with Crippen LogP contribution in [0.15, 0.2) is 0 Å². The van der Waals surface area contributed by atoms with Gasteiger partial charge in [-0.1, -0.05) is 188 Å². The van der Waals surface area contributed by atoms with Gasteiger partial charge in [-0.3, -0.25) is 4.90 Å². The molecule has 0 rings (SSSR count). The molecule has 0 aliphatic carbocycles. The fourth-order valence-corrected chi connectivity index (χ4v) is 7.10. The zero-order valence-corrected chi connectivity index (χ0v) is 29.0. The SMILES string of the molecule is CCCCCCCCCCCCCCCC(C)(C)N(CC)C(C)(C)CCCCCCCCCCCCCCC. The van der Waals surface area contributed by atoms with Crippen LogP contribution in [-0.2, 0) is 0 Å². The largest absolute Gasteiger partial charge is 0.293 e. The van der Waals surface area contributed by atoms with Crippen molar-refractivity contribution in [3.8, 4) is 0 Å². The van der Waals surface area contributed by atoms with Crippen molar-refractivity contribution in [3.63, 3.8) is 0 Å². The summed E-state index contributed by atoms with van der Waals surface area (Å²) in [6.07, 6.45) is 40.3. The van der Waals surface area contributed by atoms with Gasteiger partial charge in [0.15, 0.2) is 0 Å². The summed E-state index contributed by atoms with van der Waals surface area (Å²) in [5.41, 5.74) is 0.624. The number of rotatable bonds is 31. The average Bonchev–Trinajstić information content (AvgIpc) is 2.89. The van der Waals surface area contributed by atoms with Gasteiger partial charge < -0.3 is 0 Å². The van der Waals surface area contributed by atoms with Crippen LogP contribution in [-0.4, -0.2) is 22.5 Å². The lowest BCUT2D eigenvalue weighted by Gasteiger charge is -2.49. The first-order chi connectivity index (χ1) is 18.8. The number of hydrogen-bond acceptors (Lipinski definition) is 1. The first-order valence-corrected chi connectivity index (χ1v) is 18.6. The molecule has 0 aliphatic rings. The van der Waals surface area contributed by atoms with Crippen molar-refractivity contribution in [1.29, 1.82) is 0 Å². The van der Waals surface area contributed by atoms with Crippen molar-refractivity contribution in [1.82, 2.24) is 4.90 Å². The Kier molecular flexibility index (Phi) is 26.8. The Balaban J connectivity index is 3.87. The van der Waals surface area contributed by atoms with Crippen LogP contribution in [0.1, 0.15) is 228 Å². The van der Waals surface area contributed by atoms with E-state index in [0.29, 0.717) is 11.1 Å². The molecule has 0 amide bonds. The van der Waals surface area contributed by atoms with Gasteiger partial charge in [0, 0.05) is 11.1 Å². The predicted octanol–water partition coefficient (Wildman–Crippen LogP) is 13.8.